The third kappa shape index (κ3) is 2.31. The maximum absolute atomic E-state index is 14.2. The summed E-state index contributed by atoms with van der Waals surface area (Å²) in [4.78, 5) is 0. The quantitative estimate of drug-likeness (QED) is 0.767. The number of ether oxygens (including phenoxy) is 1. The fraction of sp³-hybridized carbons (Fsp3) is 0.200. The number of rotatable bonds is 3. The van der Waals surface area contributed by atoms with E-state index in [0.29, 0.717) is 17.9 Å². The van der Waals surface area contributed by atoms with Gasteiger partial charge in [0, 0.05) is 5.56 Å². The van der Waals surface area contributed by atoms with E-state index in [1.165, 1.54) is 0 Å². The highest BCUT2D eigenvalue weighted by molar-refractivity contribution is 5.69. The summed E-state index contributed by atoms with van der Waals surface area (Å²) >= 11 is 0. The molecule has 0 spiro atoms. The number of benzene rings is 2. The highest BCUT2D eigenvalue weighted by Gasteiger charge is 2.11. The first-order chi connectivity index (χ1) is 8.24. The lowest BCUT2D eigenvalue weighted by atomic mass is 10.00. The molecule has 0 aliphatic rings. The van der Waals surface area contributed by atoms with Crippen LogP contribution >= 0.6 is 0 Å². The molecule has 0 radical (unpaired) electrons. The Hall–Kier alpha value is -1.83. The van der Waals surface area contributed by atoms with E-state index in [1.807, 2.05) is 44.2 Å². The van der Waals surface area contributed by atoms with Gasteiger partial charge in [0.2, 0.25) is 0 Å². The van der Waals surface area contributed by atoms with Crippen molar-refractivity contribution in [2.75, 3.05) is 6.61 Å². The molecule has 0 N–H and O–H groups in total. The van der Waals surface area contributed by atoms with Gasteiger partial charge in [0.15, 0.2) is 11.6 Å². The Bertz CT molecular complexity index is 520. The normalized spacial score (nSPS) is 10.3. The fourth-order valence-electron chi connectivity index (χ4n) is 1.86. The summed E-state index contributed by atoms with van der Waals surface area (Å²) in [7, 11) is 0. The average Bonchev–Trinajstić information content (AvgIpc) is 2.33. The average molecular weight is 230 g/mol. The Morgan fingerprint density at radius 2 is 1.71 bits per heavy atom. The van der Waals surface area contributed by atoms with E-state index in [0.717, 1.165) is 11.1 Å². The zero-order valence-electron chi connectivity index (χ0n) is 10.0. The molecule has 2 aromatic carbocycles. The Kier molecular flexibility index (Phi) is 3.43. The zero-order valence-corrected chi connectivity index (χ0v) is 10.0. The number of hydrogen-bond acceptors (Lipinski definition) is 1. The third-order valence-electron chi connectivity index (χ3n) is 2.70. The van der Waals surface area contributed by atoms with Crippen molar-refractivity contribution >= 4 is 0 Å². The Morgan fingerprint density at radius 1 is 1.00 bits per heavy atom. The summed E-state index contributed by atoms with van der Waals surface area (Å²) in [6, 6.07) is 13.0. The van der Waals surface area contributed by atoms with E-state index < -0.39 is 0 Å². The first-order valence-electron chi connectivity index (χ1n) is 5.71. The molecular weight excluding hydrogens is 215 g/mol. The molecule has 2 heteroatoms. The lowest BCUT2D eigenvalue weighted by molar-refractivity contribution is 0.322. The van der Waals surface area contributed by atoms with E-state index in [4.69, 9.17) is 4.74 Å². The van der Waals surface area contributed by atoms with Crippen LogP contribution in [-0.2, 0) is 0 Å². The van der Waals surface area contributed by atoms with Crippen LogP contribution in [0.5, 0.6) is 5.75 Å². The molecule has 0 amide bonds. The summed E-state index contributed by atoms with van der Waals surface area (Å²) < 4.78 is 19.5. The van der Waals surface area contributed by atoms with Crippen LogP contribution in [0.25, 0.3) is 11.1 Å². The van der Waals surface area contributed by atoms with Crippen LogP contribution in [0.2, 0.25) is 0 Å². The molecule has 0 heterocycles. The Morgan fingerprint density at radius 3 is 2.41 bits per heavy atom. The van der Waals surface area contributed by atoms with Crippen LogP contribution in [-0.4, -0.2) is 6.61 Å². The molecule has 0 fully saturated rings. The van der Waals surface area contributed by atoms with Crippen LogP contribution in [0.3, 0.4) is 0 Å². The van der Waals surface area contributed by atoms with Gasteiger partial charge in [-0.2, -0.15) is 0 Å². The summed E-state index contributed by atoms with van der Waals surface area (Å²) in [6.45, 7) is 4.29. The predicted molar refractivity (Wildman–Crippen MR) is 67.7 cm³/mol. The molecule has 0 bridgehead atoms. The van der Waals surface area contributed by atoms with Crippen LogP contribution in [0.15, 0.2) is 42.5 Å². The van der Waals surface area contributed by atoms with Crippen molar-refractivity contribution in [1.29, 1.82) is 0 Å². The van der Waals surface area contributed by atoms with Gasteiger partial charge < -0.3 is 4.74 Å². The summed E-state index contributed by atoms with van der Waals surface area (Å²) in [6.07, 6.45) is 0. The van der Waals surface area contributed by atoms with Gasteiger partial charge in [-0.3, -0.25) is 0 Å². The molecule has 0 atom stereocenters. The first kappa shape index (κ1) is 11.6. The molecule has 17 heavy (non-hydrogen) atoms. The van der Waals surface area contributed by atoms with Gasteiger partial charge in [0.1, 0.15) is 0 Å². The standard InChI is InChI=1S/C15H15FO/c1-3-17-14-10-6-9-13(15(14)16)12-8-5-4-7-11(12)2/h4-10H,3H2,1-2H3. The van der Waals surface area contributed by atoms with Gasteiger partial charge in [-0.15, -0.1) is 0 Å². The number of halogens is 1. The second kappa shape index (κ2) is 5.00. The van der Waals surface area contributed by atoms with Crippen LogP contribution in [0.1, 0.15) is 12.5 Å². The molecule has 2 aromatic rings. The molecule has 88 valence electrons. The molecule has 2 rings (SSSR count). The molecule has 0 saturated carbocycles. The van der Waals surface area contributed by atoms with E-state index in [1.54, 1.807) is 12.1 Å². The van der Waals surface area contributed by atoms with Gasteiger partial charge in [-0.1, -0.05) is 36.4 Å². The Balaban J connectivity index is 2.53. The molecule has 0 saturated heterocycles. The number of aryl methyl sites for hydroxylation is 1. The molecule has 0 aliphatic heterocycles. The summed E-state index contributed by atoms with van der Waals surface area (Å²) in [5.74, 6) is 0.0249. The lowest BCUT2D eigenvalue weighted by Crippen LogP contribution is -1.96. The molecule has 0 unspecified atom stereocenters. The van der Waals surface area contributed by atoms with E-state index in [-0.39, 0.29) is 5.82 Å². The monoisotopic (exact) mass is 230 g/mol. The van der Waals surface area contributed by atoms with Crippen LogP contribution in [0, 0.1) is 12.7 Å². The maximum atomic E-state index is 14.2. The van der Waals surface area contributed by atoms with Crippen molar-refractivity contribution in [3.05, 3.63) is 53.8 Å². The maximum Gasteiger partial charge on any atom is 0.172 e. The van der Waals surface area contributed by atoms with Crippen LogP contribution < -0.4 is 4.74 Å². The van der Waals surface area contributed by atoms with Crippen molar-refractivity contribution in [3.8, 4) is 16.9 Å². The molecule has 0 aromatic heterocycles. The first-order valence-corrected chi connectivity index (χ1v) is 5.71. The minimum absolute atomic E-state index is 0.288. The molecular formula is C15H15FO. The highest BCUT2D eigenvalue weighted by atomic mass is 19.1. The highest BCUT2D eigenvalue weighted by Crippen LogP contribution is 2.30. The van der Waals surface area contributed by atoms with Gasteiger partial charge in [0.05, 0.1) is 6.61 Å². The largest absolute Gasteiger partial charge is 0.491 e. The van der Waals surface area contributed by atoms with Crippen molar-refractivity contribution < 1.29 is 9.13 Å². The second-order valence-corrected chi connectivity index (χ2v) is 3.87. The van der Waals surface area contributed by atoms with Gasteiger partial charge in [0.25, 0.3) is 0 Å². The number of hydrogen-bond donors (Lipinski definition) is 0. The predicted octanol–water partition coefficient (Wildman–Crippen LogP) is 4.20. The molecule has 1 nitrogen and oxygen atoms in total. The Labute approximate surface area is 101 Å². The van der Waals surface area contributed by atoms with Crippen LogP contribution in [0.4, 0.5) is 4.39 Å². The van der Waals surface area contributed by atoms with E-state index in [2.05, 4.69) is 0 Å². The zero-order chi connectivity index (χ0) is 12.3. The molecule has 0 aliphatic carbocycles. The van der Waals surface area contributed by atoms with Gasteiger partial charge in [-0.05, 0) is 31.0 Å². The van der Waals surface area contributed by atoms with E-state index >= 15 is 0 Å². The van der Waals surface area contributed by atoms with Crippen molar-refractivity contribution in [3.63, 3.8) is 0 Å². The van der Waals surface area contributed by atoms with Crippen molar-refractivity contribution in [2.24, 2.45) is 0 Å². The fourth-order valence-corrected chi connectivity index (χ4v) is 1.86. The van der Waals surface area contributed by atoms with Crippen molar-refractivity contribution in [2.45, 2.75) is 13.8 Å². The van der Waals surface area contributed by atoms with Gasteiger partial charge in [-0.25, -0.2) is 4.39 Å². The summed E-state index contributed by atoms with van der Waals surface area (Å²) in [5, 5.41) is 0. The van der Waals surface area contributed by atoms with Crippen molar-refractivity contribution in [1.82, 2.24) is 0 Å². The minimum atomic E-state index is -0.288. The SMILES string of the molecule is CCOc1cccc(-c2ccccc2C)c1F. The lowest BCUT2D eigenvalue weighted by Gasteiger charge is -2.10. The minimum Gasteiger partial charge on any atom is -0.491 e. The summed E-state index contributed by atoms with van der Waals surface area (Å²) in [5.41, 5.74) is 2.56. The second-order valence-electron chi connectivity index (χ2n) is 3.87. The van der Waals surface area contributed by atoms with E-state index in [9.17, 15) is 4.39 Å². The third-order valence-corrected chi connectivity index (χ3v) is 2.70. The smallest absolute Gasteiger partial charge is 0.172 e. The topological polar surface area (TPSA) is 9.23 Å². The van der Waals surface area contributed by atoms with Gasteiger partial charge >= 0.3 is 0 Å².